The van der Waals surface area contributed by atoms with Crippen LogP contribution >= 0.6 is 0 Å². The molecule has 6 amide bonds. The highest BCUT2D eigenvalue weighted by atomic mass is 16.5. The summed E-state index contributed by atoms with van der Waals surface area (Å²) in [5.41, 5.74) is 2.67. The zero-order valence-corrected chi connectivity index (χ0v) is 45.6. The second-order valence-electron chi connectivity index (χ2n) is 21.3. The fraction of sp³-hybridized carbons (Fsp3) is 0.603. The van der Waals surface area contributed by atoms with Crippen molar-refractivity contribution in [2.24, 2.45) is 17.3 Å². The topological polar surface area (TPSA) is 245 Å². The summed E-state index contributed by atoms with van der Waals surface area (Å²) >= 11 is 0. The monoisotopic (exact) mass is 1060 g/mol. The standard InChI is InChI=1S/C30H45N5O4.C28H39N5O5/c1-3-19-39-30(24-7-5-4-6-8-24)14-17-35(18-15-30)28(36)27(20-23-9-11-26(38-2)12-10-23)34-29(37)32-16-13-25-21-31-22-33-25;1-38-23-9-7-20(8-10-23)17-24(32-27(37)30-14-11-22-18-29-19-31-22)25(34)33-15-12-28(13-16-33,26(35)36)21-5-3-2-4-6-21/h9-12,21-22,24,27H,3-8,13-20H2,1-2H3,(H,31,33)(H2,32,34,37);7-10,18-19,21,24H,2-6,11-17H2,1H3,(H,29,31)(H,35,36)(H2,30,32,37). The number of carboxylic acids is 1. The van der Waals surface area contributed by atoms with E-state index in [0.717, 1.165) is 79.8 Å². The molecule has 0 spiro atoms. The number of nitrogens with zero attached hydrogens (tertiary/aromatic N) is 4. The summed E-state index contributed by atoms with van der Waals surface area (Å²) in [5.74, 6) is 1.24. The molecular formula is C58H84N10O9. The second kappa shape index (κ2) is 29.2. The summed E-state index contributed by atoms with van der Waals surface area (Å²) < 4.78 is 17.1. The quantitative estimate of drug-likeness (QED) is 0.0409. The van der Waals surface area contributed by atoms with Crippen molar-refractivity contribution in [3.63, 3.8) is 0 Å². The first-order valence-corrected chi connectivity index (χ1v) is 28.2. The van der Waals surface area contributed by atoms with Crippen molar-refractivity contribution in [3.8, 4) is 11.5 Å². The lowest BCUT2D eigenvalue weighted by atomic mass is 9.64. The molecule has 2 aliphatic carbocycles. The average Bonchev–Trinajstić information content (AvgIpc) is 4.21. The van der Waals surface area contributed by atoms with Crippen molar-refractivity contribution >= 4 is 29.8 Å². The number of urea groups is 2. The number of nitrogens with one attached hydrogen (secondary N) is 6. The van der Waals surface area contributed by atoms with E-state index < -0.39 is 29.5 Å². The minimum absolute atomic E-state index is 0.0407. The molecule has 0 radical (unpaired) electrons. The van der Waals surface area contributed by atoms with Gasteiger partial charge in [0.15, 0.2) is 0 Å². The van der Waals surface area contributed by atoms with Crippen LogP contribution in [0.15, 0.2) is 73.6 Å². The molecule has 2 saturated heterocycles. The fourth-order valence-corrected chi connectivity index (χ4v) is 12.0. The van der Waals surface area contributed by atoms with Crippen molar-refractivity contribution < 1.29 is 43.3 Å². The van der Waals surface area contributed by atoms with Gasteiger partial charge in [0.05, 0.1) is 49.3 Å². The molecule has 4 fully saturated rings. The number of carboxylic acid groups (broad SMARTS) is 1. The number of aliphatic carboxylic acids is 1. The molecule has 2 saturated carbocycles. The predicted octanol–water partition coefficient (Wildman–Crippen LogP) is 7.38. The number of aromatic amines is 2. The number of benzene rings is 2. The Hall–Kier alpha value is -6.63. The van der Waals surface area contributed by atoms with E-state index >= 15 is 0 Å². The number of piperidine rings is 2. The van der Waals surface area contributed by atoms with Crippen LogP contribution in [0, 0.1) is 17.3 Å². The molecule has 4 aromatic rings. The highest BCUT2D eigenvalue weighted by molar-refractivity contribution is 5.88. The van der Waals surface area contributed by atoms with Crippen molar-refractivity contribution in [1.29, 1.82) is 0 Å². The van der Waals surface area contributed by atoms with Gasteiger partial charge in [-0.05, 0) is 105 Å². The average molecular weight is 1070 g/mol. The Morgan fingerprint density at radius 2 is 1.06 bits per heavy atom. The molecule has 2 aromatic carbocycles. The number of carbonyl (C=O) groups excluding carboxylic acids is 4. The number of methoxy groups -OCH3 is 2. The van der Waals surface area contributed by atoms with Crippen LogP contribution in [0.4, 0.5) is 9.59 Å². The number of carbonyl (C=O) groups is 5. The van der Waals surface area contributed by atoms with Gasteiger partial charge in [0, 0.05) is 84.0 Å². The summed E-state index contributed by atoms with van der Waals surface area (Å²) in [6.07, 6.45) is 23.8. The summed E-state index contributed by atoms with van der Waals surface area (Å²) in [7, 11) is 3.22. The number of hydrogen-bond donors (Lipinski definition) is 7. The van der Waals surface area contributed by atoms with Gasteiger partial charge in [0.25, 0.3) is 0 Å². The second-order valence-corrected chi connectivity index (χ2v) is 21.3. The Morgan fingerprint density at radius 1 is 0.636 bits per heavy atom. The van der Waals surface area contributed by atoms with Crippen LogP contribution in [0.5, 0.6) is 11.5 Å². The minimum Gasteiger partial charge on any atom is -0.497 e. The van der Waals surface area contributed by atoms with Gasteiger partial charge in [-0.1, -0.05) is 69.7 Å². The van der Waals surface area contributed by atoms with Gasteiger partial charge in [-0.15, -0.1) is 0 Å². The number of hydrogen-bond acceptors (Lipinski definition) is 10. The number of ether oxygens (including phenoxy) is 3. The number of amides is 6. The van der Waals surface area contributed by atoms with Crippen LogP contribution in [-0.4, -0.2) is 142 Å². The normalized spacial score (nSPS) is 18.4. The van der Waals surface area contributed by atoms with Crippen LogP contribution in [0.1, 0.15) is 126 Å². The Bertz CT molecular complexity index is 2410. The lowest BCUT2D eigenvalue weighted by Crippen LogP contribution is -2.57. The Kier molecular flexibility index (Phi) is 22.0. The molecule has 420 valence electrons. The smallest absolute Gasteiger partial charge is 0.315 e. The molecule has 19 nitrogen and oxygen atoms in total. The van der Waals surface area contributed by atoms with Crippen LogP contribution in [0.2, 0.25) is 0 Å². The van der Waals surface area contributed by atoms with E-state index in [1.165, 1.54) is 38.5 Å². The highest BCUT2D eigenvalue weighted by Gasteiger charge is 2.49. The maximum Gasteiger partial charge on any atom is 0.315 e. The van der Waals surface area contributed by atoms with E-state index in [-0.39, 0.29) is 29.4 Å². The molecule has 0 bridgehead atoms. The molecule has 77 heavy (non-hydrogen) atoms. The van der Waals surface area contributed by atoms with E-state index in [9.17, 15) is 29.1 Å². The van der Waals surface area contributed by atoms with Gasteiger partial charge in [0.1, 0.15) is 23.6 Å². The molecule has 19 heteroatoms. The van der Waals surface area contributed by atoms with Gasteiger partial charge in [-0.25, -0.2) is 19.6 Å². The third-order valence-corrected chi connectivity index (χ3v) is 16.5. The molecule has 4 aliphatic rings. The van der Waals surface area contributed by atoms with Crippen molar-refractivity contribution in [2.45, 2.75) is 147 Å². The third-order valence-electron chi connectivity index (χ3n) is 16.5. The Labute approximate surface area is 454 Å². The van der Waals surface area contributed by atoms with Gasteiger partial charge >= 0.3 is 18.0 Å². The lowest BCUT2D eigenvalue weighted by Gasteiger charge is -2.48. The molecular weight excluding hydrogens is 981 g/mol. The maximum atomic E-state index is 13.8. The first kappa shape index (κ1) is 58.1. The Morgan fingerprint density at radius 3 is 1.45 bits per heavy atom. The number of imidazole rings is 2. The summed E-state index contributed by atoms with van der Waals surface area (Å²) in [6, 6.07) is 12.8. The molecule has 8 rings (SSSR count). The number of rotatable bonds is 22. The maximum absolute atomic E-state index is 13.8. The molecule has 2 aromatic heterocycles. The Balaban J connectivity index is 0.000000224. The molecule has 4 heterocycles. The van der Waals surface area contributed by atoms with Crippen LogP contribution in [0.3, 0.4) is 0 Å². The minimum atomic E-state index is -0.777. The predicted molar refractivity (Wildman–Crippen MR) is 292 cm³/mol. The van der Waals surface area contributed by atoms with Crippen molar-refractivity contribution in [3.05, 3.63) is 96.1 Å². The first-order chi connectivity index (χ1) is 37.4. The van der Waals surface area contributed by atoms with E-state index in [0.29, 0.717) is 89.5 Å². The van der Waals surface area contributed by atoms with E-state index in [1.54, 1.807) is 38.0 Å². The summed E-state index contributed by atoms with van der Waals surface area (Å²) in [5, 5.41) is 21.7. The number of H-pyrrole nitrogens is 2. The van der Waals surface area contributed by atoms with Crippen LogP contribution < -0.4 is 30.7 Å². The largest absolute Gasteiger partial charge is 0.497 e. The van der Waals surface area contributed by atoms with Crippen molar-refractivity contribution in [1.82, 2.24) is 51.0 Å². The van der Waals surface area contributed by atoms with Crippen molar-refractivity contribution in [2.75, 3.05) is 60.1 Å². The van der Waals surface area contributed by atoms with Crippen LogP contribution in [-0.2, 0) is 44.8 Å². The molecule has 2 unspecified atom stereocenters. The number of aromatic nitrogens is 4. The lowest BCUT2D eigenvalue weighted by molar-refractivity contribution is -0.160. The van der Waals surface area contributed by atoms with E-state index in [4.69, 9.17) is 14.2 Å². The molecule has 2 aliphatic heterocycles. The first-order valence-electron chi connectivity index (χ1n) is 28.2. The summed E-state index contributed by atoms with van der Waals surface area (Å²) in [4.78, 5) is 83.3. The van der Waals surface area contributed by atoms with Gasteiger partial charge in [0.2, 0.25) is 11.8 Å². The zero-order chi connectivity index (χ0) is 54.5. The summed E-state index contributed by atoms with van der Waals surface area (Å²) in [6.45, 7) is 5.80. The molecule has 7 N–H and O–H groups in total. The third kappa shape index (κ3) is 16.4. The fourth-order valence-electron chi connectivity index (χ4n) is 12.0. The zero-order valence-electron chi connectivity index (χ0n) is 45.6. The van der Waals surface area contributed by atoms with E-state index in [1.807, 2.05) is 59.6 Å². The van der Waals surface area contributed by atoms with Crippen LogP contribution in [0.25, 0.3) is 0 Å². The van der Waals surface area contributed by atoms with Gasteiger partial charge in [-0.2, -0.15) is 0 Å². The van der Waals surface area contributed by atoms with E-state index in [2.05, 4.69) is 48.1 Å². The highest BCUT2D eigenvalue weighted by Crippen LogP contribution is 2.46. The SMILES string of the molecule is CCCOC1(C2CCCCC2)CCN(C(=O)C(Cc2ccc(OC)cc2)NC(=O)NCCc2c[nH]cn2)CC1.COc1ccc(CC(NC(=O)NCCc2c[nH]cn2)C(=O)N2CCC(C(=O)O)(C3CCCCC3)CC2)cc1. The molecule has 2 atom stereocenters. The van der Waals surface area contributed by atoms with Gasteiger partial charge < -0.3 is 60.4 Å². The number of likely N-dealkylation sites (tertiary alicyclic amines) is 2. The van der Waals surface area contributed by atoms with Gasteiger partial charge in [-0.3, -0.25) is 14.4 Å².